The summed E-state index contributed by atoms with van der Waals surface area (Å²) in [5.74, 6) is 0.363. The summed E-state index contributed by atoms with van der Waals surface area (Å²) in [6.45, 7) is 4.41. The number of pyridine rings is 1. The highest BCUT2D eigenvalue weighted by atomic mass is 16.5. The lowest BCUT2D eigenvalue weighted by atomic mass is 10.2. The lowest BCUT2D eigenvalue weighted by Gasteiger charge is -2.13. The van der Waals surface area contributed by atoms with Crippen molar-refractivity contribution >= 4 is 11.7 Å². The Bertz CT molecular complexity index is 351. The predicted octanol–water partition coefficient (Wildman–Crippen LogP) is 1.84. The van der Waals surface area contributed by atoms with Crippen LogP contribution in [0.1, 0.15) is 20.3 Å². The lowest BCUT2D eigenvalue weighted by molar-refractivity contribution is -0.140. The van der Waals surface area contributed by atoms with Gasteiger partial charge in [-0.25, -0.2) is 4.98 Å². The van der Waals surface area contributed by atoms with E-state index in [0.29, 0.717) is 18.9 Å². The number of rotatable bonds is 6. The number of hydrogen-bond acceptors (Lipinski definition) is 5. The third kappa shape index (κ3) is 4.72. The summed E-state index contributed by atoms with van der Waals surface area (Å²) >= 11 is 0. The highest BCUT2D eigenvalue weighted by Gasteiger charge is 2.08. The first kappa shape index (κ1) is 13.3. The van der Waals surface area contributed by atoms with Gasteiger partial charge in [-0.15, -0.1) is 0 Å². The van der Waals surface area contributed by atoms with Crippen molar-refractivity contribution in [1.82, 2.24) is 4.98 Å². The van der Waals surface area contributed by atoms with Crippen molar-refractivity contribution in [2.24, 2.45) is 0 Å². The first-order valence-electron chi connectivity index (χ1n) is 5.58. The van der Waals surface area contributed by atoms with E-state index in [1.165, 1.54) is 7.11 Å². The van der Waals surface area contributed by atoms with Crippen LogP contribution >= 0.6 is 0 Å². The second-order valence-electron chi connectivity index (χ2n) is 3.64. The summed E-state index contributed by atoms with van der Waals surface area (Å²) in [5.41, 5.74) is 0.852. The van der Waals surface area contributed by atoms with E-state index < -0.39 is 0 Å². The number of ether oxygens (including phenoxy) is 2. The van der Waals surface area contributed by atoms with E-state index in [-0.39, 0.29) is 12.0 Å². The van der Waals surface area contributed by atoms with Gasteiger partial charge in [-0.2, -0.15) is 0 Å². The monoisotopic (exact) mass is 238 g/mol. The molecule has 0 saturated heterocycles. The number of nitrogens with one attached hydrogen (secondary N) is 1. The second kappa shape index (κ2) is 6.73. The maximum Gasteiger partial charge on any atom is 0.307 e. The van der Waals surface area contributed by atoms with Gasteiger partial charge in [-0.3, -0.25) is 4.79 Å². The zero-order valence-corrected chi connectivity index (χ0v) is 10.4. The molecule has 0 bridgehead atoms. The van der Waals surface area contributed by atoms with Crippen LogP contribution in [-0.4, -0.2) is 30.7 Å². The summed E-state index contributed by atoms with van der Waals surface area (Å²) in [4.78, 5) is 15.2. The van der Waals surface area contributed by atoms with Crippen LogP contribution in [0.25, 0.3) is 0 Å². The third-order valence-corrected chi connectivity index (χ3v) is 2.14. The van der Waals surface area contributed by atoms with E-state index in [9.17, 15) is 4.79 Å². The Morgan fingerprint density at radius 3 is 2.82 bits per heavy atom. The Morgan fingerprint density at radius 2 is 2.29 bits per heavy atom. The molecule has 94 valence electrons. The normalized spacial score (nSPS) is 11.7. The highest BCUT2D eigenvalue weighted by molar-refractivity contribution is 5.70. The van der Waals surface area contributed by atoms with Gasteiger partial charge in [0.25, 0.3) is 0 Å². The Morgan fingerprint density at radius 1 is 1.53 bits per heavy atom. The van der Waals surface area contributed by atoms with Crippen LogP contribution in [0.5, 0.6) is 5.88 Å². The molecule has 1 rings (SSSR count). The minimum absolute atomic E-state index is 0.00203. The van der Waals surface area contributed by atoms with E-state index in [0.717, 1.165) is 5.69 Å². The summed E-state index contributed by atoms with van der Waals surface area (Å²) < 4.78 is 9.83. The molecule has 17 heavy (non-hydrogen) atoms. The molecule has 5 heteroatoms. The van der Waals surface area contributed by atoms with Gasteiger partial charge in [0.05, 0.1) is 32.0 Å². The van der Waals surface area contributed by atoms with Crippen LogP contribution in [0, 0.1) is 0 Å². The van der Waals surface area contributed by atoms with Crippen LogP contribution < -0.4 is 10.1 Å². The Kier molecular flexibility index (Phi) is 5.26. The topological polar surface area (TPSA) is 60.5 Å². The molecule has 0 aliphatic rings. The standard InChI is InChI=1S/C12H18N2O3/c1-4-17-11-6-5-10(8-13-11)14-9(2)7-12(15)16-3/h5-6,8-9,14H,4,7H2,1-3H3. The minimum atomic E-state index is -0.233. The van der Waals surface area contributed by atoms with Crippen molar-refractivity contribution in [2.45, 2.75) is 26.3 Å². The summed E-state index contributed by atoms with van der Waals surface area (Å²) in [6, 6.07) is 3.66. The second-order valence-corrected chi connectivity index (χ2v) is 3.64. The Balaban J connectivity index is 2.48. The molecule has 5 nitrogen and oxygen atoms in total. The first-order valence-corrected chi connectivity index (χ1v) is 5.58. The fourth-order valence-electron chi connectivity index (χ4n) is 1.37. The highest BCUT2D eigenvalue weighted by Crippen LogP contribution is 2.13. The smallest absolute Gasteiger partial charge is 0.307 e. The molecule has 1 atom stereocenters. The molecule has 0 fully saturated rings. The number of anilines is 1. The number of aromatic nitrogens is 1. The molecular weight excluding hydrogens is 220 g/mol. The summed E-state index contributed by atoms with van der Waals surface area (Å²) in [6.07, 6.45) is 2.00. The molecule has 0 radical (unpaired) electrons. The molecule has 0 aromatic carbocycles. The van der Waals surface area contributed by atoms with Crippen LogP contribution in [0.15, 0.2) is 18.3 Å². The molecule has 0 amide bonds. The van der Waals surface area contributed by atoms with Gasteiger partial charge in [-0.05, 0) is 19.9 Å². The van der Waals surface area contributed by atoms with Crippen molar-refractivity contribution in [2.75, 3.05) is 19.0 Å². The SMILES string of the molecule is CCOc1ccc(NC(C)CC(=O)OC)cn1. The zero-order chi connectivity index (χ0) is 12.7. The van der Waals surface area contributed by atoms with Gasteiger partial charge in [0.2, 0.25) is 5.88 Å². The maximum atomic E-state index is 11.1. The lowest BCUT2D eigenvalue weighted by Crippen LogP contribution is -2.20. The number of carbonyl (C=O) groups excluding carboxylic acids is 1. The molecule has 1 heterocycles. The number of hydrogen-bond donors (Lipinski definition) is 1. The van der Waals surface area contributed by atoms with E-state index in [4.69, 9.17) is 4.74 Å². The van der Waals surface area contributed by atoms with Crippen molar-refractivity contribution in [3.63, 3.8) is 0 Å². The number of esters is 1. The Labute approximate surface area is 101 Å². The van der Waals surface area contributed by atoms with Crippen LogP contribution in [0.3, 0.4) is 0 Å². The van der Waals surface area contributed by atoms with Crippen LogP contribution in [-0.2, 0) is 9.53 Å². The average Bonchev–Trinajstić information content (AvgIpc) is 2.31. The molecule has 1 aromatic rings. The number of carbonyl (C=O) groups is 1. The van der Waals surface area contributed by atoms with Crippen molar-refractivity contribution < 1.29 is 14.3 Å². The molecule has 1 N–H and O–H groups in total. The van der Waals surface area contributed by atoms with Gasteiger partial charge in [0.15, 0.2) is 0 Å². The predicted molar refractivity (Wildman–Crippen MR) is 65.1 cm³/mol. The zero-order valence-electron chi connectivity index (χ0n) is 10.4. The first-order chi connectivity index (χ1) is 8.15. The van der Waals surface area contributed by atoms with E-state index in [1.807, 2.05) is 19.9 Å². The molecule has 0 aliphatic carbocycles. The van der Waals surface area contributed by atoms with E-state index in [2.05, 4.69) is 15.0 Å². The van der Waals surface area contributed by atoms with Gasteiger partial charge < -0.3 is 14.8 Å². The van der Waals surface area contributed by atoms with Crippen molar-refractivity contribution in [1.29, 1.82) is 0 Å². The van der Waals surface area contributed by atoms with Crippen LogP contribution in [0.2, 0.25) is 0 Å². The molecular formula is C12H18N2O3. The molecule has 1 aromatic heterocycles. The van der Waals surface area contributed by atoms with Gasteiger partial charge in [0, 0.05) is 12.1 Å². The molecule has 0 spiro atoms. The molecule has 0 aliphatic heterocycles. The summed E-state index contributed by atoms with van der Waals surface area (Å²) in [5, 5.41) is 3.16. The van der Waals surface area contributed by atoms with Gasteiger partial charge >= 0.3 is 5.97 Å². The van der Waals surface area contributed by atoms with Gasteiger partial charge in [-0.1, -0.05) is 0 Å². The quantitative estimate of drug-likeness (QED) is 0.766. The third-order valence-electron chi connectivity index (χ3n) is 2.14. The molecule has 1 unspecified atom stereocenters. The number of nitrogens with zero attached hydrogens (tertiary/aromatic N) is 1. The minimum Gasteiger partial charge on any atom is -0.478 e. The van der Waals surface area contributed by atoms with E-state index >= 15 is 0 Å². The van der Waals surface area contributed by atoms with Crippen LogP contribution in [0.4, 0.5) is 5.69 Å². The largest absolute Gasteiger partial charge is 0.478 e. The summed E-state index contributed by atoms with van der Waals surface area (Å²) in [7, 11) is 1.38. The fourth-order valence-corrected chi connectivity index (χ4v) is 1.37. The Hall–Kier alpha value is -1.78. The van der Waals surface area contributed by atoms with E-state index in [1.54, 1.807) is 12.3 Å². The number of methoxy groups -OCH3 is 1. The fraction of sp³-hybridized carbons (Fsp3) is 0.500. The van der Waals surface area contributed by atoms with Gasteiger partial charge in [0.1, 0.15) is 0 Å². The molecule has 0 saturated carbocycles. The van der Waals surface area contributed by atoms with Crippen molar-refractivity contribution in [3.8, 4) is 5.88 Å². The maximum absolute atomic E-state index is 11.1. The average molecular weight is 238 g/mol. The van der Waals surface area contributed by atoms with Crippen molar-refractivity contribution in [3.05, 3.63) is 18.3 Å².